The lowest BCUT2D eigenvalue weighted by Crippen LogP contribution is -2.29. The van der Waals surface area contributed by atoms with Crippen molar-refractivity contribution in [2.75, 3.05) is 11.6 Å². The highest BCUT2D eigenvalue weighted by Gasteiger charge is 2.12. The second-order valence-corrected chi connectivity index (χ2v) is 7.95. The van der Waals surface area contributed by atoms with Gasteiger partial charge in [-0.05, 0) is 37.8 Å². The molecule has 0 fully saturated rings. The zero-order valence-corrected chi connectivity index (χ0v) is 17.0. The Balaban J connectivity index is 1.77. The Morgan fingerprint density at radius 3 is 2.59 bits per heavy atom. The lowest BCUT2D eigenvalue weighted by molar-refractivity contribution is -0.117. The van der Waals surface area contributed by atoms with Crippen molar-refractivity contribution >= 4 is 34.1 Å². The number of benzene rings is 1. The lowest BCUT2D eigenvalue weighted by Gasteiger charge is -2.07. The number of hydrogen-bond donors (Lipinski definition) is 1. The predicted molar refractivity (Wildman–Crippen MR) is 111 cm³/mol. The number of anilines is 1. The number of nitrogens with zero attached hydrogens (tertiary/aromatic N) is 3. The van der Waals surface area contributed by atoms with Crippen molar-refractivity contribution in [1.82, 2.24) is 14.8 Å². The predicted octanol–water partition coefficient (Wildman–Crippen LogP) is 3.60. The number of hydrogen-bond acceptors (Lipinski definition) is 6. The van der Waals surface area contributed by atoms with E-state index in [1.54, 1.807) is 17.8 Å². The molecule has 1 N–H and O–H groups in total. The van der Waals surface area contributed by atoms with Crippen LogP contribution in [0.2, 0.25) is 0 Å². The van der Waals surface area contributed by atoms with E-state index in [9.17, 15) is 9.59 Å². The first-order valence-corrected chi connectivity index (χ1v) is 10.5. The minimum absolute atomic E-state index is 0.157. The lowest BCUT2D eigenvalue weighted by atomic mass is 10.1. The van der Waals surface area contributed by atoms with Crippen molar-refractivity contribution in [3.63, 3.8) is 0 Å². The monoisotopic (exact) mass is 400 g/mol. The van der Waals surface area contributed by atoms with Crippen molar-refractivity contribution in [2.24, 2.45) is 0 Å². The number of carbonyl (C=O) groups excluding carboxylic acids is 1. The van der Waals surface area contributed by atoms with Gasteiger partial charge in [-0.3, -0.25) is 9.59 Å². The summed E-state index contributed by atoms with van der Waals surface area (Å²) in [6.45, 7) is 3.84. The second kappa shape index (κ2) is 8.49. The van der Waals surface area contributed by atoms with Crippen LogP contribution in [0.1, 0.15) is 17.5 Å². The quantitative estimate of drug-likeness (QED) is 0.640. The summed E-state index contributed by atoms with van der Waals surface area (Å²) in [6.07, 6.45) is 2.83. The van der Waals surface area contributed by atoms with Gasteiger partial charge in [-0.25, -0.2) is 9.67 Å². The van der Waals surface area contributed by atoms with Crippen LogP contribution in [0.3, 0.4) is 0 Å². The average Bonchev–Trinajstić information content (AvgIpc) is 3.02. The van der Waals surface area contributed by atoms with Crippen LogP contribution in [0.15, 0.2) is 46.1 Å². The topological polar surface area (TPSA) is 76.9 Å². The largest absolute Gasteiger partial charge is 0.300 e. The summed E-state index contributed by atoms with van der Waals surface area (Å²) >= 11 is 3.09. The summed E-state index contributed by atoms with van der Waals surface area (Å²) < 4.78 is 1.17. The number of nitrogens with one attached hydrogen (secondary N) is 1. The van der Waals surface area contributed by atoms with Gasteiger partial charge in [-0.1, -0.05) is 19.1 Å². The third-order valence-electron chi connectivity index (χ3n) is 4.02. The summed E-state index contributed by atoms with van der Waals surface area (Å²) in [4.78, 5) is 31.0. The Hall–Kier alpha value is -2.45. The van der Waals surface area contributed by atoms with Crippen LogP contribution in [0.5, 0.6) is 0 Å². The molecule has 1 aromatic carbocycles. The Bertz CT molecular complexity index is 1010. The van der Waals surface area contributed by atoms with Gasteiger partial charge >= 0.3 is 0 Å². The van der Waals surface area contributed by atoms with Crippen molar-refractivity contribution in [3.8, 4) is 11.3 Å². The minimum Gasteiger partial charge on any atom is -0.300 e. The van der Waals surface area contributed by atoms with Crippen molar-refractivity contribution in [3.05, 3.63) is 57.3 Å². The van der Waals surface area contributed by atoms with Gasteiger partial charge in [0.05, 0.1) is 11.4 Å². The molecule has 27 heavy (non-hydrogen) atoms. The van der Waals surface area contributed by atoms with Gasteiger partial charge < -0.3 is 5.32 Å². The molecular formula is C19H20N4O2S2. The fourth-order valence-electron chi connectivity index (χ4n) is 2.58. The molecule has 6 nitrogen and oxygen atoms in total. The number of rotatable bonds is 6. The van der Waals surface area contributed by atoms with Crippen LogP contribution in [-0.2, 0) is 17.8 Å². The highest BCUT2D eigenvalue weighted by atomic mass is 32.2. The number of thioether (sulfide) groups is 1. The summed E-state index contributed by atoms with van der Waals surface area (Å²) in [7, 11) is 0. The van der Waals surface area contributed by atoms with Crippen LogP contribution in [0.25, 0.3) is 11.3 Å². The molecule has 2 aromatic heterocycles. The fourth-order valence-corrected chi connectivity index (χ4v) is 3.91. The minimum atomic E-state index is -0.323. The summed E-state index contributed by atoms with van der Waals surface area (Å²) in [5.41, 5.74) is 2.19. The number of amides is 1. The Morgan fingerprint density at radius 1 is 1.22 bits per heavy atom. The van der Waals surface area contributed by atoms with Crippen molar-refractivity contribution < 1.29 is 4.79 Å². The second-order valence-electron chi connectivity index (χ2n) is 5.87. The highest BCUT2D eigenvalue weighted by Crippen LogP contribution is 2.22. The van der Waals surface area contributed by atoms with E-state index in [-0.39, 0.29) is 18.0 Å². The van der Waals surface area contributed by atoms with Gasteiger partial charge in [0, 0.05) is 21.4 Å². The van der Waals surface area contributed by atoms with Crippen LogP contribution < -0.4 is 10.9 Å². The van der Waals surface area contributed by atoms with Gasteiger partial charge in [0.2, 0.25) is 5.91 Å². The normalized spacial score (nSPS) is 10.8. The molecule has 0 spiro atoms. The molecule has 140 valence electrons. The van der Waals surface area contributed by atoms with E-state index in [0.717, 1.165) is 27.5 Å². The van der Waals surface area contributed by atoms with Crippen LogP contribution in [-0.4, -0.2) is 26.9 Å². The van der Waals surface area contributed by atoms with Crippen LogP contribution >= 0.6 is 23.1 Å². The third-order valence-corrected chi connectivity index (χ3v) is 5.69. The molecule has 0 bridgehead atoms. The van der Waals surface area contributed by atoms with E-state index >= 15 is 0 Å². The Kier molecular flexibility index (Phi) is 6.08. The maximum Gasteiger partial charge on any atom is 0.267 e. The molecule has 1 amide bonds. The molecule has 0 saturated heterocycles. The van der Waals surface area contributed by atoms with E-state index in [1.807, 2.05) is 44.4 Å². The number of aryl methyl sites for hydroxylation is 2. The molecule has 0 unspecified atom stereocenters. The first-order valence-electron chi connectivity index (χ1n) is 8.49. The van der Waals surface area contributed by atoms with Gasteiger partial charge in [0.1, 0.15) is 6.54 Å². The zero-order chi connectivity index (χ0) is 19.4. The first kappa shape index (κ1) is 19.3. The molecule has 3 rings (SSSR count). The SMILES string of the molecule is CCc1nc(NC(=O)Cn2nc(-c3ccc(SC)cc3)ccc2=O)sc1C. The molecule has 0 aliphatic carbocycles. The van der Waals surface area contributed by atoms with E-state index < -0.39 is 0 Å². The maximum absolute atomic E-state index is 12.3. The maximum atomic E-state index is 12.3. The average molecular weight is 401 g/mol. The number of thiazole rings is 1. The molecule has 8 heteroatoms. The van der Waals surface area contributed by atoms with Gasteiger partial charge in [-0.15, -0.1) is 23.1 Å². The molecule has 3 aromatic rings. The molecular weight excluding hydrogens is 380 g/mol. The summed E-state index contributed by atoms with van der Waals surface area (Å²) in [5, 5.41) is 7.64. The standard InChI is InChI=1S/C19H20N4O2S2/c1-4-15-12(2)27-19(20-15)21-17(24)11-23-18(25)10-9-16(22-23)13-5-7-14(26-3)8-6-13/h5-10H,4,11H2,1-3H3,(H,20,21,24). The molecule has 0 atom stereocenters. The number of aromatic nitrogens is 3. The van der Waals surface area contributed by atoms with E-state index in [4.69, 9.17) is 0 Å². The molecule has 0 aliphatic heterocycles. The molecule has 0 radical (unpaired) electrons. The van der Waals surface area contributed by atoms with Crippen LogP contribution in [0, 0.1) is 6.92 Å². The van der Waals surface area contributed by atoms with E-state index in [0.29, 0.717) is 10.8 Å². The Labute approximate surface area is 165 Å². The Morgan fingerprint density at radius 2 is 1.96 bits per heavy atom. The van der Waals surface area contributed by atoms with Gasteiger partial charge in [-0.2, -0.15) is 5.10 Å². The van der Waals surface area contributed by atoms with Crippen molar-refractivity contribution in [2.45, 2.75) is 31.7 Å². The smallest absolute Gasteiger partial charge is 0.267 e. The number of carbonyl (C=O) groups is 1. The first-order chi connectivity index (χ1) is 13.0. The summed E-state index contributed by atoms with van der Waals surface area (Å²) in [5.74, 6) is -0.323. The summed E-state index contributed by atoms with van der Waals surface area (Å²) in [6, 6.07) is 11.0. The van der Waals surface area contributed by atoms with Crippen molar-refractivity contribution in [1.29, 1.82) is 0 Å². The van der Waals surface area contributed by atoms with E-state index in [1.165, 1.54) is 22.1 Å². The highest BCUT2D eigenvalue weighted by molar-refractivity contribution is 7.98. The molecule has 0 aliphatic rings. The van der Waals surface area contributed by atoms with Crippen LogP contribution in [0.4, 0.5) is 5.13 Å². The third kappa shape index (κ3) is 4.64. The van der Waals surface area contributed by atoms with Gasteiger partial charge in [0.25, 0.3) is 5.56 Å². The van der Waals surface area contributed by atoms with Gasteiger partial charge in [0.15, 0.2) is 5.13 Å². The molecule has 0 saturated carbocycles. The molecule has 2 heterocycles. The zero-order valence-electron chi connectivity index (χ0n) is 15.4. The fraction of sp³-hybridized carbons (Fsp3) is 0.263. The van der Waals surface area contributed by atoms with E-state index in [2.05, 4.69) is 15.4 Å².